The monoisotopic (exact) mass is 458 g/mol. The number of aliphatic hydroxyl groups is 1. The third-order valence-corrected chi connectivity index (χ3v) is 5.91. The Labute approximate surface area is 193 Å². The zero-order valence-electron chi connectivity index (χ0n) is 18.8. The average Bonchev–Trinajstić information content (AvgIpc) is 3.33. The molecule has 2 unspecified atom stereocenters. The molecule has 1 heterocycles. The number of methoxy groups -OCH3 is 1. The van der Waals surface area contributed by atoms with Crippen LogP contribution < -0.4 is 10.1 Å². The van der Waals surface area contributed by atoms with E-state index in [1.807, 2.05) is 0 Å². The molecule has 0 bridgehead atoms. The minimum absolute atomic E-state index is 0.0568. The summed E-state index contributed by atoms with van der Waals surface area (Å²) in [5.41, 5.74) is 0.845. The number of phenols is 1. The van der Waals surface area contributed by atoms with Gasteiger partial charge in [-0.05, 0) is 74.3 Å². The largest absolute Gasteiger partial charge is 0.505 e. The molecule has 3 rings (SSSR count). The van der Waals surface area contributed by atoms with Crippen molar-refractivity contribution in [3.05, 3.63) is 59.4 Å². The van der Waals surface area contributed by atoms with E-state index in [2.05, 4.69) is 10.2 Å². The van der Waals surface area contributed by atoms with Gasteiger partial charge in [0.25, 0.3) is 0 Å². The Hall–Kier alpha value is -2.97. The zero-order chi connectivity index (χ0) is 23.8. The SMILES string of the molecule is COc1ccc(C(=O)CCCC(=O)NC(CN2CCCC2)C(O)c2ccc(O)c(F)c2)cc1. The molecule has 33 heavy (non-hydrogen) atoms. The number of benzene rings is 2. The van der Waals surface area contributed by atoms with E-state index in [1.54, 1.807) is 31.4 Å². The average molecular weight is 459 g/mol. The van der Waals surface area contributed by atoms with E-state index in [4.69, 9.17) is 4.74 Å². The van der Waals surface area contributed by atoms with Crippen molar-refractivity contribution in [1.29, 1.82) is 0 Å². The minimum Gasteiger partial charge on any atom is -0.505 e. The number of nitrogens with one attached hydrogen (secondary N) is 1. The van der Waals surface area contributed by atoms with Crippen LogP contribution in [0.3, 0.4) is 0 Å². The van der Waals surface area contributed by atoms with Crippen molar-refractivity contribution in [3.8, 4) is 11.5 Å². The molecule has 0 radical (unpaired) electrons. The van der Waals surface area contributed by atoms with Gasteiger partial charge < -0.3 is 25.2 Å². The lowest BCUT2D eigenvalue weighted by molar-refractivity contribution is -0.123. The number of hydrogen-bond acceptors (Lipinski definition) is 6. The number of carbonyl (C=O) groups excluding carboxylic acids is 2. The maximum atomic E-state index is 13.8. The molecule has 0 aromatic heterocycles. The summed E-state index contributed by atoms with van der Waals surface area (Å²) in [7, 11) is 1.56. The summed E-state index contributed by atoms with van der Waals surface area (Å²) >= 11 is 0. The van der Waals surface area contributed by atoms with Crippen LogP contribution in [0.5, 0.6) is 11.5 Å². The van der Waals surface area contributed by atoms with Crippen molar-refractivity contribution in [3.63, 3.8) is 0 Å². The predicted molar refractivity (Wildman–Crippen MR) is 122 cm³/mol. The first-order valence-electron chi connectivity index (χ1n) is 11.2. The Morgan fingerprint density at radius 3 is 2.45 bits per heavy atom. The van der Waals surface area contributed by atoms with E-state index >= 15 is 0 Å². The molecule has 7 nitrogen and oxygen atoms in total. The predicted octanol–water partition coefficient (Wildman–Crippen LogP) is 3.21. The Morgan fingerprint density at radius 2 is 1.82 bits per heavy atom. The van der Waals surface area contributed by atoms with Gasteiger partial charge in [0.2, 0.25) is 5.91 Å². The number of carbonyl (C=O) groups is 2. The number of nitrogens with zero attached hydrogens (tertiary/aromatic N) is 1. The van der Waals surface area contributed by atoms with Gasteiger partial charge in [-0.25, -0.2) is 4.39 Å². The molecule has 3 N–H and O–H groups in total. The van der Waals surface area contributed by atoms with Gasteiger partial charge in [0, 0.05) is 24.9 Å². The fraction of sp³-hybridized carbons (Fsp3) is 0.440. The summed E-state index contributed by atoms with van der Waals surface area (Å²) in [6.07, 6.45) is 1.70. The summed E-state index contributed by atoms with van der Waals surface area (Å²) in [6, 6.07) is 9.90. The molecule has 178 valence electrons. The maximum absolute atomic E-state index is 13.8. The summed E-state index contributed by atoms with van der Waals surface area (Å²) in [5.74, 6) is -0.983. The van der Waals surface area contributed by atoms with Gasteiger partial charge >= 0.3 is 0 Å². The third kappa shape index (κ3) is 7.00. The number of aromatic hydroxyl groups is 1. The standard InChI is InChI=1S/C25H31FN2O5/c1-33-19-10-7-17(8-11-19)22(29)5-4-6-24(31)27-21(16-28-13-2-3-14-28)25(32)18-9-12-23(30)20(26)15-18/h7-12,15,21,25,30,32H,2-6,13-14,16H2,1H3,(H,27,31). The van der Waals surface area contributed by atoms with Gasteiger partial charge in [-0.2, -0.15) is 0 Å². The van der Waals surface area contributed by atoms with Crippen molar-refractivity contribution in [1.82, 2.24) is 10.2 Å². The number of amides is 1. The molecule has 0 aliphatic carbocycles. The Morgan fingerprint density at radius 1 is 1.12 bits per heavy atom. The second kappa shape index (κ2) is 11.8. The normalized spacial score (nSPS) is 15.7. The second-order valence-corrected chi connectivity index (χ2v) is 8.34. The highest BCUT2D eigenvalue weighted by Gasteiger charge is 2.27. The van der Waals surface area contributed by atoms with Crippen molar-refractivity contribution in [2.75, 3.05) is 26.7 Å². The van der Waals surface area contributed by atoms with Crippen molar-refractivity contribution < 1.29 is 28.9 Å². The van der Waals surface area contributed by atoms with Gasteiger partial charge in [0.15, 0.2) is 17.3 Å². The van der Waals surface area contributed by atoms with E-state index < -0.39 is 23.7 Å². The molecule has 2 aromatic carbocycles. The zero-order valence-corrected chi connectivity index (χ0v) is 18.8. The second-order valence-electron chi connectivity index (χ2n) is 8.34. The van der Waals surface area contributed by atoms with Crippen LogP contribution in [0.2, 0.25) is 0 Å². The van der Waals surface area contributed by atoms with Crippen LogP contribution in [0.15, 0.2) is 42.5 Å². The van der Waals surface area contributed by atoms with E-state index in [-0.39, 0.29) is 30.1 Å². The number of aliphatic hydroxyl groups excluding tert-OH is 1. The van der Waals surface area contributed by atoms with E-state index in [0.717, 1.165) is 32.0 Å². The molecule has 1 amide bonds. The molecule has 2 atom stereocenters. The van der Waals surface area contributed by atoms with Gasteiger partial charge in [-0.3, -0.25) is 9.59 Å². The number of Topliss-reactive ketones (excluding diaryl/α,β-unsaturated/α-hetero) is 1. The van der Waals surface area contributed by atoms with Gasteiger partial charge in [0.1, 0.15) is 11.9 Å². The number of rotatable bonds is 11. The topological polar surface area (TPSA) is 99.1 Å². The lowest BCUT2D eigenvalue weighted by atomic mass is 10.0. The van der Waals surface area contributed by atoms with Crippen LogP contribution >= 0.6 is 0 Å². The maximum Gasteiger partial charge on any atom is 0.220 e. The Balaban J connectivity index is 1.56. The highest BCUT2D eigenvalue weighted by Crippen LogP contribution is 2.24. The number of hydrogen-bond donors (Lipinski definition) is 3. The van der Waals surface area contributed by atoms with Crippen LogP contribution in [0.25, 0.3) is 0 Å². The van der Waals surface area contributed by atoms with E-state index in [9.17, 15) is 24.2 Å². The Bertz CT molecular complexity index is 944. The third-order valence-electron chi connectivity index (χ3n) is 5.91. The van der Waals surface area contributed by atoms with Crippen molar-refractivity contribution in [2.24, 2.45) is 0 Å². The Kier molecular flexibility index (Phi) is 8.79. The molecule has 1 saturated heterocycles. The number of likely N-dealkylation sites (tertiary alicyclic amines) is 1. The van der Waals surface area contributed by atoms with E-state index in [0.29, 0.717) is 24.3 Å². The smallest absolute Gasteiger partial charge is 0.220 e. The molecule has 0 saturated carbocycles. The first-order valence-corrected chi connectivity index (χ1v) is 11.2. The fourth-order valence-corrected chi connectivity index (χ4v) is 4.02. The number of phenolic OH excluding ortho intramolecular Hbond substituents is 1. The molecule has 1 aliphatic heterocycles. The van der Waals surface area contributed by atoms with Crippen molar-refractivity contribution in [2.45, 2.75) is 44.2 Å². The summed E-state index contributed by atoms with van der Waals surface area (Å²) in [4.78, 5) is 27.1. The number of ketones is 1. The van der Waals surface area contributed by atoms with Crippen molar-refractivity contribution >= 4 is 11.7 Å². The molecular formula is C25H31FN2O5. The van der Waals surface area contributed by atoms with Crippen LogP contribution in [-0.2, 0) is 4.79 Å². The van der Waals surface area contributed by atoms with Crippen LogP contribution in [0, 0.1) is 5.82 Å². The van der Waals surface area contributed by atoms with Crippen LogP contribution in [-0.4, -0.2) is 59.6 Å². The molecular weight excluding hydrogens is 427 g/mol. The van der Waals surface area contributed by atoms with Crippen LogP contribution in [0.4, 0.5) is 4.39 Å². The summed E-state index contributed by atoms with van der Waals surface area (Å²) in [6.45, 7) is 2.18. The summed E-state index contributed by atoms with van der Waals surface area (Å²) in [5, 5.41) is 23.1. The van der Waals surface area contributed by atoms with Gasteiger partial charge in [-0.1, -0.05) is 6.07 Å². The van der Waals surface area contributed by atoms with Gasteiger partial charge in [0.05, 0.1) is 13.2 Å². The highest BCUT2D eigenvalue weighted by atomic mass is 19.1. The molecule has 2 aromatic rings. The van der Waals surface area contributed by atoms with Gasteiger partial charge in [-0.15, -0.1) is 0 Å². The fourth-order valence-electron chi connectivity index (χ4n) is 4.02. The molecule has 8 heteroatoms. The quantitative estimate of drug-likeness (QED) is 0.447. The van der Waals surface area contributed by atoms with Crippen LogP contribution in [0.1, 0.15) is 54.1 Å². The highest BCUT2D eigenvalue weighted by molar-refractivity contribution is 5.96. The lowest BCUT2D eigenvalue weighted by Gasteiger charge is -2.29. The molecule has 1 aliphatic rings. The number of ether oxygens (including phenoxy) is 1. The number of halogens is 1. The lowest BCUT2D eigenvalue weighted by Crippen LogP contribution is -2.46. The first-order chi connectivity index (χ1) is 15.9. The summed E-state index contributed by atoms with van der Waals surface area (Å²) < 4.78 is 18.9. The molecule has 1 fully saturated rings. The first kappa shape index (κ1) is 24.7. The minimum atomic E-state index is -1.13. The molecule has 0 spiro atoms. The van der Waals surface area contributed by atoms with E-state index in [1.165, 1.54) is 12.1 Å².